The van der Waals surface area contributed by atoms with Crippen LogP contribution in [0.15, 0.2) is 88.4 Å². The Morgan fingerprint density at radius 3 is 2.31 bits per heavy atom. The van der Waals surface area contributed by atoms with E-state index >= 15 is 0 Å². The number of hydrazone groups is 1. The predicted molar refractivity (Wildman–Crippen MR) is 149 cm³/mol. The zero-order chi connectivity index (χ0) is 28.2. The molecule has 0 radical (unpaired) electrons. The van der Waals surface area contributed by atoms with Crippen molar-refractivity contribution in [2.24, 2.45) is 5.10 Å². The predicted octanol–water partition coefficient (Wildman–Crippen LogP) is 5.20. The molecule has 0 aliphatic rings. The molecule has 3 aromatic carbocycles. The molecule has 0 spiro atoms. The molecule has 0 unspecified atom stereocenters. The Bertz CT molecular complexity index is 1640. The maximum atomic E-state index is 12.5. The summed E-state index contributed by atoms with van der Waals surface area (Å²) in [5.74, 6) is 0.428. The number of sulfonamides is 1. The second-order valence-electron chi connectivity index (χ2n) is 8.94. The van der Waals surface area contributed by atoms with Gasteiger partial charge in [-0.3, -0.25) is 19.2 Å². The number of aryl methyl sites for hydroxylation is 2. The van der Waals surface area contributed by atoms with Crippen LogP contribution in [0, 0.1) is 24.0 Å². The van der Waals surface area contributed by atoms with Gasteiger partial charge in [-0.1, -0.05) is 18.2 Å². The lowest BCUT2D eigenvalue weighted by molar-refractivity contribution is -0.384. The van der Waals surface area contributed by atoms with E-state index < -0.39 is 20.9 Å². The number of nitrogens with zero attached hydrogens (tertiary/aromatic N) is 3. The highest BCUT2D eigenvalue weighted by Gasteiger charge is 2.19. The molecule has 1 aromatic heterocycles. The summed E-state index contributed by atoms with van der Waals surface area (Å²) in [5, 5.41) is 14.7. The fourth-order valence-corrected chi connectivity index (χ4v) is 4.63. The van der Waals surface area contributed by atoms with Gasteiger partial charge in [-0.05, 0) is 79.1 Å². The number of benzene rings is 3. The number of hydrogen-bond acceptors (Lipinski definition) is 7. The Morgan fingerprint density at radius 2 is 1.69 bits per heavy atom. The van der Waals surface area contributed by atoms with E-state index in [1.807, 2.05) is 26.0 Å². The van der Waals surface area contributed by atoms with Crippen molar-refractivity contribution in [2.45, 2.75) is 20.4 Å². The topological polar surface area (TPSA) is 135 Å². The van der Waals surface area contributed by atoms with Crippen LogP contribution in [-0.4, -0.2) is 31.7 Å². The molecular weight excluding hydrogens is 520 g/mol. The monoisotopic (exact) mass is 546 g/mol. The molecule has 1 heterocycles. The summed E-state index contributed by atoms with van der Waals surface area (Å²) in [6.07, 6.45) is 2.50. The number of carbonyl (C=O) groups excluding carboxylic acids is 1. The largest absolute Gasteiger partial charge is 0.455 e. The van der Waals surface area contributed by atoms with E-state index in [1.165, 1.54) is 22.7 Å². The summed E-state index contributed by atoms with van der Waals surface area (Å²) in [6.45, 7) is 4.02. The van der Waals surface area contributed by atoms with E-state index in [-0.39, 0.29) is 12.2 Å². The van der Waals surface area contributed by atoms with Gasteiger partial charge in [0.2, 0.25) is 10.0 Å². The number of hydrogen-bond donors (Lipinski definition) is 1. The molecule has 0 atom stereocenters. The van der Waals surface area contributed by atoms with Gasteiger partial charge in [0.1, 0.15) is 11.5 Å². The highest BCUT2D eigenvalue weighted by molar-refractivity contribution is 7.92. The Hall–Kier alpha value is -4.77. The van der Waals surface area contributed by atoms with Crippen molar-refractivity contribution in [3.05, 3.63) is 117 Å². The molecule has 0 bridgehead atoms. The van der Waals surface area contributed by atoms with Crippen molar-refractivity contribution in [2.75, 3.05) is 10.6 Å². The molecule has 0 saturated carbocycles. The number of nitrogens with one attached hydrogen (secondary N) is 1. The normalized spacial score (nSPS) is 11.5. The maximum absolute atomic E-state index is 12.5. The molecule has 1 amide bonds. The number of nitro groups is 1. The molecule has 0 aliphatic heterocycles. The zero-order valence-electron chi connectivity index (χ0n) is 21.5. The first-order valence-corrected chi connectivity index (χ1v) is 13.7. The fourth-order valence-electron chi connectivity index (χ4n) is 3.75. The van der Waals surface area contributed by atoms with Gasteiger partial charge < -0.3 is 4.42 Å². The van der Waals surface area contributed by atoms with Crippen molar-refractivity contribution in [1.29, 1.82) is 0 Å². The zero-order valence-corrected chi connectivity index (χ0v) is 22.3. The first kappa shape index (κ1) is 27.3. The van der Waals surface area contributed by atoms with Gasteiger partial charge in [-0.25, -0.2) is 13.8 Å². The first-order chi connectivity index (χ1) is 18.5. The smallest absolute Gasteiger partial charge is 0.271 e. The fraction of sp³-hybridized carbons (Fsp3) is 0.143. The number of carbonyl (C=O) groups is 1. The van der Waals surface area contributed by atoms with Gasteiger partial charge in [-0.2, -0.15) is 5.10 Å². The van der Waals surface area contributed by atoms with E-state index in [1.54, 1.807) is 54.6 Å². The SMILES string of the molecule is Cc1ccc(N(Cc2ccc(C(=O)N/N=C\c3ccc(-c4ccc([N+](=O)[O-])cc4)o3)cc2)S(C)(=O)=O)cc1C. The van der Waals surface area contributed by atoms with E-state index in [0.717, 1.165) is 17.4 Å². The van der Waals surface area contributed by atoms with Crippen LogP contribution >= 0.6 is 0 Å². The van der Waals surface area contributed by atoms with Crippen LogP contribution in [0.25, 0.3) is 11.3 Å². The third-order valence-corrected chi connectivity index (χ3v) is 7.21. The van der Waals surface area contributed by atoms with Gasteiger partial charge in [-0.15, -0.1) is 0 Å². The molecule has 200 valence electrons. The molecule has 0 aliphatic carbocycles. The third kappa shape index (κ3) is 6.76. The molecule has 0 saturated heterocycles. The van der Waals surface area contributed by atoms with Gasteiger partial charge in [0, 0.05) is 23.3 Å². The molecule has 10 nitrogen and oxygen atoms in total. The maximum Gasteiger partial charge on any atom is 0.271 e. The van der Waals surface area contributed by atoms with Crippen molar-refractivity contribution >= 4 is 33.5 Å². The van der Waals surface area contributed by atoms with Crippen molar-refractivity contribution in [3.63, 3.8) is 0 Å². The summed E-state index contributed by atoms with van der Waals surface area (Å²) in [6, 6.07) is 21.4. The molecular formula is C28H26N4O6S. The molecule has 4 rings (SSSR count). The Balaban J connectivity index is 1.38. The minimum atomic E-state index is -3.53. The van der Waals surface area contributed by atoms with Crippen LogP contribution < -0.4 is 9.73 Å². The van der Waals surface area contributed by atoms with Crippen LogP contribution in [0.1, 0.15) is 32.8 Å². The van der Waals surface area contributed by atoms with Crippen molar-refractivity contribution < 1.29 is 22.6 Å². The van der Waals surface area contributed by atoms with E-state index in [9.17, 15) is 23.3 Å². The van der Waals surface area contributed by atoms with Crippen LogP contribution in [0.2, 0.25) is 0 Å². The summed E-state index contributed by atoms with van der Waals surface area (Å²) < 4.78 is 31.9. The number of amides is 1. The van der Waals surface area contributed by atoms with Crippen LogP contribution in [0.5, 0.6) is 0 Å². The average Bonchev–Trinajstić information content (AvgIpc) is 3.37. The summed E-state index contributed by atoms with van der Waals surface area (Å²) in [4.78, 5) is 22.8. The second kappa shape index (κ2) is 11.3. The van der Waals surface area contributed by atoms with Crippen molar-refractivity contribution in [3.8, 4) is 11.3 Å². The Morgan fingerprint density at radius 1 is 1.00 bits per heavy atom. The minimum absolute atomic E-state index is 0.0167. The average molecular weight is 547 g/mol. The number of anilines is 1. The quantitative estimate of drug-likeness (QED) is 0.174. The summed E-state index contributed by atoms with van der Waals surface area (Å²) >= 11 is 0. The number of non-ortho nitro benzene ring substituents is 1. The summed E-state index contributed by atoms with van der Waals surface area (Å²) in [7, 11) is -3.53. The molecule has 11 heteroatoms. The lowest BCUT2D eigenvalue weighted by atomic mass is 10.1. The van der Waals surface area contributed by atoms with E-state index in [2.05, 4.69) is 10.5 Å². The van der Waals surface area contributed by atoms with Crippen molar-refractivity contribution in [1.82, 2.24) is 5.43 Å². The lowest BCUT2D eigenvalue weighted by Gasteiger charge is -2.23. The molecule has 1 N–H and O–H groups in total. The minimum Gasteiger partial charge on any atom is -0.455 e. The van der Waals surface area contributed by atoms with Gasteiger partial charge >= 0.3 is 0 Å². The highest BCUT2D eigenvalue weighted by Crippen LogP contribution is 2.25. The number of rotatable bonds is 9. The van der Waals surface area contributed by atoms with E-state index in [4.69, 9.17) is 4.42 Å². The second-order valence-corrected chi connectivity index (χ2v) is 10.8. The van der Waals surface area contributed by atoms with Gasteiger partial charge in [0.15, 0.2) is 0 Å². The van der Waals surface area contributed by atoms with Crippen LogP contribution in [-0.2, 0) is 16.6 Å². The first-order valence-electron chi connectivity index (χ1n) is 11.8. The van der Waals surface area contributed by atoms with Crippen LogP contribution in [0.4, 0.5) is 11.4 Å². The number of nitro benzene ring substituents is 1. The Labute approximate surface area is 225 Å². The molecule has 39 heavy (non-hydrogen) atoms. The molecule has 0 fully saturated rings. The number of furan rings is 1. The third-order valence-electron chi connectivity index (χ3n) is 6.07. The van der Waals surface area contributed by atoms with Gasteiger partial charge in [0.05, 0.1) is 29.6 Å². The molecule has 4 aromatic rings. The summed E-state index contributed by atoms with van der Waals surface area (Å²) in [5.41, 5.74) is 6.77. The Kier molecular flexibility index (Phi) is 7.91. The van der Waals surface area contributed by atoms with E-state index in [0.29, 0.717) is 33.9 Å². The highest BCUT2D eigenvalue weighted by atomic mass is 32.2. The standard InChI is InChI=1S/C28H26N4O6S/c1-19-4-11-25(16-20(19)2)31(39(3,36)37)18-21-5-7-23(8-6-21)28(33)30-29-17-26-14-15-27(38-26)22-9-12-24(13-10-22)32(34)35/h4-17H,18H2,1-3H3,(H,30,33)/b29-17-. The van der Waals surface area contributed by atoms with Crippen LogP contribution in [0.3, 0.4) is 0 Å². The lowest BCUT2D eigenvalue weighted by Crippen LogP contribution is -2.29. The van der Waals surface area contributed by atoms with Gasteiger partial charge in [0.25, 0.3) is 11.6 Å².